The van der Waals surface area contributed by atoms with Crippen molar-refractivity contribution in [1.82, 2.24) is 10.9 Å². The van der Waals surface area contributed by atoms with Gasteiger partial charge in [-0.05, 0) is 25.8 Å². The van der Waals surface area contributed by atoms with E-state index in [1.807, 2.05) is 7.05 Å². The van der Waals surface area contributed by atoms with Crippen LogP contribution in [0.3, 0.4) is 0 Å². The van der Waals surface area contributed by atoms with Gasteiger partial charge in [-0.2, -0.15) is 0 Å². The minimum Gasteiger partial charge on any atom is -0.261 e. The molecule has 0 aromatic carbocycles. The smallest absolute Gasteiger partial charge is 0.0128 e. The second-order valence-electron chi connectivity index (χ2n) is 2.43. The molecule has 0 radical (unpaired) electrons. The summed E-state index contributed by atoms with van der Waals surface area (Å²) in [6.45, 7) is 1.15. The van der Waals surface area contributed by atoms with E-state index in [2.05, 4.69) is 10.9 Å². The van der Waals surface area contributed by atoms with Crippen molar-refractivity contribution in [3.05, 3.63) is 0 Å². The van der Waals surface area contributed by atoms with E-state index >= 15 is 0 Å². The third kappa shape index (κ3) is 1.46. The summed E-state index contributed by atoms with van der Waals surface area (Å²) in [6.07, 6.45) is 4.29. The summed E-state index contributed by atoms with van der Waals surface area (Å²) in [7, 11) is 1.92. The molecule has 1 fully saturated rings. The molecule has 1 aliphatic carbocycles. The summed E-state index contributed by atoms with van der Waals surface area (Å²) in [5, 5.41) is 0. The summed E-state index contributed by atoms with van der Waals surface area (Å²) in [4.78, 5) is 0. The van der Waals surface area contributed by atoms with Crippen LogP contribution >= 0.6 is 0 Å². The van der Waals surface area contributed by atoms with Crippen LogP contribution in [-0.4, -0.2) is 13.6 Å². The van der Waals surface area contributed by atoms with Crippen LogP contribution in [0.4, 0.5) is 0 Å². The first-order valence-electron chi connectivity index (χ1n) is 3.33. The molecule has 1 saturated carbocycles. The molecular weight excluding hydrogens is 100 g/mol. The van der Waals surface area contributed by atoms with Crippen LogP contribution in [0, 0.1) is 5.92 Å². The van der Waals surface area contributed by atoms with Crippen molar-refractivity contribution < 1.29 is 0 Å². The topological polar surface area (TPSA) is 24.1 Å². The highest BCUT2D eigenvalue weighted by molar-refractivity contribution is 4.70. The molecule has 0 aromatic heterocycles. The second-order valence-corrected chi connectivity index (χ2v) is 2.43. The fourth-order valence-electron chi connectivity index (χ4n) is 0.943. The van der Waals surface area contributed by atoms with E-state index in [1.165, 1.54) is 19.3 Å². The number of hydrogen-bond acceptors (Lipinski definition) is 2. The number of hydrazine groups is 1. The van der Waals surface area contributed by atoms with E-state index in [-0.39, 0.29) is 0 Å². The Kier molecular flexibility index (Phi) is 2.30. The van der Waals surface area contributed by atoms with Gasteiger partial charge < -0.3 is 0 Å². The third-order valence-corrected chi connectivity index (χ3v) is 1.79. The molecule has 0 unspecified atom stereocenters. The van der Waals surface area contributed by atoms with Gasteiger partial charge in [0, 0.05) is 6.54 Å². The summed E-state index contributed by atoms with van der Waals surface area (Å²) in [5.41, 5.74) is 6.02. The molecule has 8 heavy (non-hydrogen) atoms. The standard InChI is InChI=1S/C6H14N2/c1-7-8-5-6-3-2-4-6/h6-8H,2-5H2,1H3. The normalized spacial score (nSPS) is 20.6. The Hall–Kier alpha value is -0.0800. The zero-order chi connectivity index (χ0) is 5.82. The summed E-state index contributed by atoms with van der Waals surface area (Å²) in [6, 6.07) is 0. The van der Waals surface area contributed by atoms with Crippen LogP contribution in [0.1, 0.15) is 19.3 Å². The Morgan fingerprint density at radius 2 is 2.25 bits per heavy atom. The van der Waals surface area contributed by atoms with Gasteiger partial charge in [-0.15, -0.1) is 0 Å². The Balaban J connectivity index is 1.86. The van der Waals surface area contributed by atoms with Gasteiger partial charge in [0.15, 0.2) is 0 Å². The van der Waals surface area contributed by atoms with Crippen LogP contribution < -0.4 is 10.9 Å². The van der Waals surface area contributed by atoms with Crippen molar-refractivity contribution in [2.45, 2.75) is 19.3 Å². The average Bonchev–Trinajstić information content (AvgIpc) is 1.63. The van der Waals surface area contributed by atoms with Gasteiger partial charge in [-0.25, -0.2) is 0 Å². The molecule has 2 heteroatoms. The SMILES string of the molecule is CNNCC1CCC1. The first-order valence-corrected chi connectivity index (χ1v) is 3.33. The molecule has 0 aliphatic heterocycles. The molecule has 2 nitrogen and oxygen atoms in total. The quantitative estimate of drug-likeness (QED) is 0.522. The number of rotatable bonds is 3. The van der Waals surface area contributed by atoms with Crippen LogP contribution in [0.15, 0.2) is 0 Å². The van der Waals surface area contributed by atoms with Crippen molar-refractivity contribution >= 4 is 0 Å². The van der Waals surface area contributed by atoms with Gasteiger partial charge in [-0.1, -0.05) is 6.42 Å². The number of hydrogen-bond donors (Lipinski definition) is 2. The van der Waals surface area contributed by atoms with Crippen LogP contribution in [0.25, 0.3) is 0 Å². The summed E-state index contributed by atoms with van der Waals surface area (Å²) in [5.74, 6) is 0.961. The maximum atomic E-state index is 3.10. The molecule has 0 amide bonds. The Bertz CT molecular complexity index is 59.5. The third-order valence-electron chi connectivity index (χ3n) is 1.79. The van der Waals surface area contributed by atoms with Gasteiger partial charge in [0.2, 0.25) is 0 Å². The van der Waals surface area contributed by atoms with Gasteiger partial charge in [-0.3, -0.25) is 10.9 Å². The minimum atomic E-state index is 0.961. The zero-order valence-electron chi connectivity index (χ0n) is 5.41. The zero-order valence-corrected chi connectivity index (χ0v) is 5.41. The Morgan fingerprint density at radius 3 is 2.62 bits per heavy atom. The summed E-state index contributed by atoms with van der Waals surface area (Å²) < 4.78 is 0. The lowest BCUT2D eigenvalue weighted by Crippen LogP contribution is -2.34. The molecule has 0 spiro atoms. The highest BCUT2D eigenvalue weighted by atomic mass is 15.3. The maximum absolute atomic E-state index is 3.10. The molecular formula is C6H14N2. The molecule has 1 aliphatic rings. The van der Waals surface area contributed by atoms with Crippen LogP contribution in [-0.2, 0) is 0 Å². The number of nitrogens with one attached hydrogen (secondary N) is 2. The van der Waals surface area contributed by atoms with E-state index in [0.717, 1.165) is 12.5 Å². The van der Waals surface area contributed by atoms with E-state index in [9.17, 15) is 0 Å². The summed E-state index contributed by atoms with van der Waals surface area (Å²) >= 11 is 0. The van der Waals surface area contributed by atoms with E-state index in [0.29, 0.717) is 0 Å². The Morgan fingerprint density at radius 1 is 1.50 bits per heavy atom. The minimum absolute atomic E-state index is 0.961. The predicted molar refractivity (Wildman–Crippen MR) is 34.4 cm³/mol. The van der Waals surface area contributed by atoms with Crippen molar-refractivity contribution in [1.29, 1.82) is 0 Å². The van der Waals surface area contributed by atoms with Gasteiger partial charge >= 0.3 is 0 Å². The lowest BCUT2D eigenvalue weighted by Gasteiger charge is -2.24. The maximum Gasteiger partial charge on any atom is 0.0128 e. The van der Waals surface area contributed by atoms with Crippen molar-refractivity contribution in [2.75, 3.05) is 13.6 Å². The highest BCUT2D eigenvalue weighted by Gasteiger charge is 2.15. The second kappa shape index (κ2) is 3.05. The first-order chi connectivity index (χ1) is 3.93. The molecule has 48 valence electrons. The lowest BCUT2D eigenvalue weighted by atomic mass is 9.86. The van der Waals surface area contributed by atoms with Crippen LogP contribution in [0.5, 0.6) is 0 Å². The van der Waals surface area contributed by atoms with E-state index < -0.39 is 0 Å². The monoisotopic (exact) mass is 114 g/mol. The van der Waals surface area contributed by atoms with E-state index in [1.54, 1.807) is 0 Å². The molecule has 1 rings (SSSR count). The molecule has 0 aromatic rings. The molecule has 0 saturated heterocycles. The molecule has 2 N–H and O–H groups in total. The molecule has 0 heterocycles. The van der Waals surface area contributed by atoms with Crippen molar-refractivity contribution in [3.8, 4) is 0 Å². The van der Waals surface area contributed by atoms with E-state index in [4.69, 9.17) is 0 Å². The lowest BCUT2D eigenvalue weighted by molar-refractivity contribution is 0.292. The fraction of sp³-hybridized carbons (Fsp3) is 1.00. The average molecular weight is 114 g/mol. The highest BCUT2D eigenvalue weighted by Crippen LogP contribution is 2.24. The van der Waals surface area contributed by atoms with Gasteiger partial charge in [0.25, 0.3) is 0 Å². The first kappa shape index (κ1) is 6.05. The van der Waals surface area contributed by atoms with Crippen LogP contribution in [0.2, 0.25) is 0 Å². The Labute approximate surface area is 50.6 Å². The van der Waals surface area contributed by atoms with Gasteiger partial charge in [0.05, 0.1) is 0 Å². The van der Waals surface area contributed by atoms with Gasteiger partial charge in [0.1, 0.15) is 0 Å². The van der Waals surface area contributed by atoms with Crippen molar-refractivity contribution in [2.24, 2.45) is 5.92 Å². The molecule has 0 bridgehead atoms. The van der Waals surface area contributed by atoms with Crippen molar-refractivity contribution in [3.63, 3.8) is 0 Å². The largest absolute Gasteiger partial charge is 0.261 e. The fourth-order valence-corrected chi connectivity index (χ4v) is 0.943. The molecule has 0 atom stereocenters. The predicted octanol–water partition coefficient (Wildman–Crippen LogP) is 0.510.